The summed E-state index contributed by atoms with van der Waals surface area (Å²) in [5.41, 5.74) is -1.20. The van der Waals surface area contributed by atoms with Crippen molar-refractivity contribution in [2.24, 2.45) is 5.92 Å². The molecule has 30 heavy (non-hydrogen) atoms. The second-order valence-electron chi connectivity index (χ2n) is 5.87. The van der Waals surface area contributed by atoms with Crippen LogP contribution in [0.2, 0.25) is 0 Å². The molecule has 0 aromatic heterocycles. The Kier molecular flexibility index (Phi) is 6.93. The average Bonchev–Trinajstić information content (AvgIpc) is 2.51. The van der Waals surface area contributed by atoms with Gasteiger partial charge in [-0.15, -0.1) is 0 Å². The smallest absolute Gasteiger partial charge is 0.393 e. The molecule has 2 nitrogen and oxygen atoms in total. The van der Waals surface area contributed by atoms with Crippen molar-refractivity contribution in [2.45, 2.75) is 55.7 Å². The van der Waals surface area contributed by atoms with Crippen LogP contribution in [0, 0.1) is 5.92 Å². The van der Waals surface area contributed by atoms with Crippen molar-refractivity contribution in [3.05, 3.63) is 12.2 Å². The molecule has 0 spiro atoms. The lowest BCUT2D eigenvalue weighted by Gasteiger charge is -2.42. The zero-order chi connectivity index (χ0) is 24.9. The fraction of sp³-hybridized carbons (Fsp3) is 0.769. The maximum absolute atomic E-state index is 13.4. The summed E-state index contributed by atoms with van der Waals surface area (Å²) in [4.78, 5) is 10.8. The van der Waals surface area contributed by atoms with E-state index in [9.17, 15) is 70.7 Å². The number of halogens is 15. The second-order valence-corrected chi connectivity index (χ2v) is 5.87. The lowest BCUT2D eigenvalue weighted by atomic mass is 9.88. The number of rotatable bonds is 8. The molecule has 1 atom stereocenters. The molecule has 0 fully saturated rings. The summed E-state index contributed by atoms with van der Waals surface area (Å²) in [7, 11) is 0. The van der Waals surface area contributed by atoms with E-state index in [4.69, 9.17) is 0 Å². The number of hydrogen-bond donors (Lipinski definition) is 0. The minimum Gasteiger partial charge on any atom is -0.393 e. The van der Waals surface area contributed by atoms with E-state index in [0.717, 1.165) is 0 Å². The van der Waals surface area contributed by atoms with Gasteiger partial charge in [0.05, 0.1) is 0 Å². The highest BCUT2D eigenvalue weighted by Gasteiger charge is 2.92. The minimum atomic E-state index is -8.22. The third-order valence-electron chi connectivity index (χ3n) is 3.57. The molecule has 0 aromatic carbocycles. The Morgan fingerprint density at radius 3 is 1.33 bits per heavy atom. The standard InChI is InChI=1S/C13H9F15O2/c1-4(2)6(29)30-13(27,28)12(25,26)11(23,24)10(21,22)9(19,20)7(14,15)5(3)8(16,17)18/h5H,1H2,2-3H3. The van der Waals surface area contributed by atoms with Crippen LogP contribution in [0.25, 0.3) is 0 Å². The summed E-state index contributed by atoms with van der Waals surface area (Å²) in [6, 6.07) is 0. The van der Waals surface area contributed by atoms with E-state index in [1.165, 1.54) is 0 Å². The van der Waals surface area contributed by atoms with Crippen molar-refractivity contribution in [2.75, 3.05) is 0 Å². The van der Waals surface area contributed by atoms with E-state index >= 15 is 0 Å². The van der Waals surface area contributed by atoms with Gasteiger partial charge in [-0.2, -0.15) is 65.9 Å². The summed E-state index contributed by atoms with van der Waals surface area (Å²) in [5, 5.41) is 0. The van der Waals surface area contributed by atoms with Crippen LogP contribution in [0.1, 0.15) is 13.8 Å². The van der Waals surface area contributed by atoms with Crippen molar-refractivity contribution in [3.8, 4) is 0 Å². The van der Waals surface area contributed by atoms with E-state index in [0.29, 0.717) is 6.92 Å². The quantitative estimate of drug-likeness (QED) is 0.239. The number of alkyl halides is 15. The molecule has 0 rings (SSSR count). The van der Waals surface area contributed by atoms with E-state index in [-0.39, 0.29) is 0 Å². The van der Waals surface area contributed by atoms with Crippen LogP contribution in [0.4, 0.5) is 65.9 Å². The molecule has 1 unspecified atom stereocenters. The fourth-order valence-electron chi connectivity index (χ4n) is 1.53. The first kappa shape index (κ1) is 28.2. The molecule has 0 aliphatic heterocycles. The van der Waals surface area contributed by atoms with Gasteiger partial charge >= 0.3 is 47.9 Å². The summed E-state index contributed by atoms with van der Waals surface area (Å²) >= 11 is 0. The number of carbonyl (C=O) groups is 1. The van der Waals surface area contributed by atoms with Gasteiger partial charge in [0.25, 0.3) is 0 Å². The number of hydrogen-bond acceptors (Lipinski definition) is 2. The van der Waals surface area contributed by atoms with Gasteiger partial charge in [-0.05, 0) is 13.8 Å². The first-order valence-corrected chi connectivity index (χ1v) is 6.96. The molecule has 0 heterocycles. The van der Waals surface area contributed by atoms with Crippen molar-refractivity contribution in [1.82, 2.24) is 0 Å². The van der Waals surface area contributed by atoms with Crippen LogP contribution in [-0.2, 0) is 9.53 Å². The predicted octanol–water partition coefficient (Wildman–Crippen LogP) is 6.07. The van der Waals surface area contributed by atoms with Gasteiger partial charge in [-0.1, -0.05) is 6.58 Å². The van der Waals surface area contributed by atoms with E-state index in [1.54, 1.807) is 0 Å². The molecular formula is C13H9F15O2. The number of esters is 1. The van der Waals surface area contributed by atoms with Crippen LogP contribution in [0.15, 0.2) is 12.2 Å². The van der Waals surface area contributed by atoms with Gasteiger partial charge in [0.1, 0.15) is 5.92 Å². The normalized spacial score (nSPS) is 16.3. The molecule has 0 aliphatic rings. The van der Waals surface area contributed by atoms with Gasteiger partial charge in [0.15, 0.2) is 0 Å². The third kappa shape index (κ3) is 4.02. The Balaban J connectivity index is 6.52. The largest absolute Gasteiger partial charge is 0.473 e. The molecule has 0 amide bonds. The Morgan fingerprint density at radius 2 is 1.03 bits per heavy atom. The Bertz CT molecular complexity index is 677. The van der Waals surface area contributed by atoms with Gasteiger partial charge in [-0.3, -0.25) is 0 Å². The summed E-state index contributed by atoms with van der Waals surface area (Å²) in [6.07, 6.45) is -13.4. The fourth-order valence-corrected chi connectivity index (χ4v) is 1.53. The molecule has 0 radical (unpaired) electrons. The summed E-state index contributed by atoms with van der Waals surface area (Å²) in [6.45, 7) is 2.13. The molecule has 0 saturated carbocycles. The topological polar surface area (TPSA) is 26.3 Å². The van der Waals surface area contributed by atoms with E-state index in [1.807, 2.05) is 0 Å². The number of ether oxygens (including phenoxy) is 1. The van der Waals surface area contributed by atoms with Crippen LogP contribution < -0.4 is 0 Å². The first-order valence-electron chi connectivity index (χ1n) is 6.96. The van der Waals surface area contributed by atoms with E-state index in [2.05, 4.69) is 11.3 Å². The Hall–Kier alpha value is -1.84. The maximum atomic E-state index is 13.4. The van der Waals surface area contributed by atoms with E-state index < -0.39 is 66.3 Å². The zero-order valence-electron chi connectivity index (χ0n) is 14.3. The summed E-state index contributed by atoms with van der Waals surface area (Å²) < 4.78 is 199. The lowest BCUT2D eigenvalue weighted by molar-refractivity contribution is -0.457. The van der Waals surface area contributed by atoms with Gasteiger partial charge in [0.2, 0.25) is 0 Å². The molecule has 0 N–H and O–H groups in total. The minimum absolute atomic E-state index is 0.469. The van der Waals surface area contributed by atoms with Crippen LogP contribution in [-0.4, -0.2) is 47.9 Å². The number of carbonyl (C=O) groups excluding carboxylic acids is 1. The molecule has 0 bridgehead atoms. The third-order valence-corrected chi connectivity index (χ3v) is 3.57. The van der Waals surface area contributed by atoms with Crippen LogP contribution in [0.3, 0.4) is 0 Å². The second kappa shape index (κ2) is 7.39. The Labute approximate surface area is 156 Å². The molecule has 178 valence electrons. The molecule has 17 heteroatoms. The Morgan fingerprint density at radius 1 is 0.700 bits per heavy atom. The van der Waals surface area contributed by atoms with Crippen LogP contribution >= 0.6 is 0 Å². The molecule has 0 aromatic rings. The van der Waals surface area contributed by atoms with Gasteiger partial charge in [-0.25, -0.2) is 4.79 Å². The van der Waals surface area contributed by atoms with Gasteiger partial charge < -0.3 is 4.74 Å². The summed E-state index contributed by atoms with van der Waals surface area (Å²) in [5.74, 6) is -46.7. The first-order chi connectivity index (χ1) is 12.7. The average molecular weight is 482 g/mol. The molecule has 0 saturated heterocycles. The zero-order valence-corrected chi connectivity index (χ0v) is 14.3. The van der Waals surface area contributed by atoms with Crippen LogP contribution in [0.5, 0.6) is 0 Å². The molecule has 0 aliphatic carbocycles. The van der Waals surface area contributed by atoms with Crippen molar-refractivity contribution < 1.29 is 75.4 Å². The highest BCUT2D eigenvalue weighted by Crippen LogP contribution is 2.62. The monoisotopic (exact) mass is 482 g/mol. The highest BCUT2D eigenvalue weighted by molar-refractivity contribution is 5.87. The maximum Gasteiger partial charge on any atom is 0.473 e. The predicted molar refractivity (Wildman–Crippen MR) is 65.8 cm³/mol. The van der Waals surface area contributed by atoms with Crippen molar-refractivity contribution >= 4 is 5.97 Å². The molecular weight excluding hydrogens is 473 g/mol. The van der Waals surface area contributed by atoms with Crippen molar-refractivity contribution in [1.29, 1.82) is 0 Å². The lowest BCUT2D eigenvalue weighted by Crippen LogP contribution is -2.72. The SMILES string of the molecule is C=C(C)C(=O)OC(F)(F)C(F)(F)C(F)(F)C(F)(F)C(F)(F)C(F)(F)C(C)C(F)(F)F. The van der Waals surface area contributed by atoms with Gasteiger partial charge in [0, 0.05) is 5.57 Å². The highest BCUT2D eigenvalue weighted by atomic mass is 19.4. The van der Waals surface area contributed by atoms with Crippen molar-refractivity contribution in [3.63, 3.8) is 0 Å².